The van der Waals surface area contributed by atoms with Crippen LogP contribution in [0.3, 0.4) is 0 Å². The van der Waals surface area contributed by atoms with E-state index >= 15 is 0 Å². The molecule has 18 heteroatoms. The van der Waals surface area contributed by atoms with Gasteiger partial charge in [-0.2, -0.15) is 0 Å². The molecule has 0 saturated heterocycles. The number of carboxylic acids is 1. The van der Waals surface area contributed by atoms with Gasteiger partial charge in [-0.25, -0.2) is 0 Å². The predicted octanol–water partition coefficient (Wildman–Crippen LogP) is 21.7. The molecule has 18 nitrogen and oxygen atoms in total. The van der Waals surface area contributed by atoms with E-state index in [-0.39, 0.29) is 87.6 Å². The molecule has 0 radical (unpaired) electrons. The summed E-state index contributed by atoms with van der Waals surface area (Å²) in [6.45, 7) is 47.9. The van der Waals surface area contributed by atoms with Gasteiger partial charge in [-0.3, -0.25) is 43.2 Å². The van der Waals surface area contributed by atoms with Crippen molar-refractivity contribution in [2.45, 2.75) is 381 Å². The number of hydrogen-bond donors (Lipinski definition) is 3. The molecule has 0 aliphatic heterocycles. The van der Waals surface area contributed by atoms with E-state index in [0.717, 1.165) is 117 Å². The minimum absolute atomic E-state index is 0.0143. The fourth-order valence-corrected chi connectivity index (χ4v) is 31.2. The maximum Gasteiger partial charge on any atom is 0.311 e. The van der Waals surface area contributed by atoms with E-state index in [9.17, 15) is 43.2 Å². The van der Waals surface area contributed by atoms with Crippen molar-refractivity contribution in [3.8, 4) is 0 Å². The van der Waals surface area contributed by atoms with Crippen molar-refractivity contribution in [1.82, 2.24) is 10.6 Å². The molecule has 0 heterocycles. The summed E-state index contributed by atoms with van der Waals surface area (Å²) in [5.41, 5.74) is 2.41. The SMILES string of the molecule is C1CC2C3CCC(C3)C2C1.CC(C(=O)O)C(C)C(=O)OC12CC3CC(CC(C3)C1)C2.CCC(C)(C)C(=O)OC1CCC2C(C)(CCC3C2(C)CCC2(C)C4CC(C)(C)CCC4(C)CCC32C)C1C.COC(=O)C(C)C(C)C(=O)NC12CC3CC(CC(C3)C1)C2.COC(=O)C(C)C(C)C(=O)N[C@@H]1CC2C[C@H](C1C)C2(C)C.COC(=O)C(C)C(C)C(=O)OC. The fraction of sp³-hybridized carbons (Fsp3) is 0.913. The van der Waals surface area contributed by atoms with Crippen LogP contribution in [0.4, 0.5) is 0 Å². The average molecular weight is 1710 g/mol. The second-order valence-corrected chi connectivity index (χ2v) is 48.2. The van der Waals surface area contributed by atoms with Gasteiger partial charge in [-0.05, 0) is 351 Å². The number of carbonyl (C=O) groups excluding carboxylic acids is 8. The number of methoxy groups -OCH3 is 4. The van der Waals surface area contributed by atoms with E-state index in [2.05, 4.69) is 103 Å². The Hall–Kier alpha value is -4.77. The van der Waals surface area contributed by atoms with Crippen LogP contribution in [-0.2, 0) is 71.6 Å². The van der Waals surface area contributed by atoms with Gasteiger partial charge >= 0.3 is 41.8 Å². The molecule has 26 atom stereocenters. The Morgan fingerprint density at radius 3 is 1.34 bits per heavy atom. The highest BCUT2D eigenvalue weighted by Gasteiger charge is 2.72. The van der Waals surface area contributed by atoms with Crippen molar-refractivity contribution in [1.29, 1.82) is 0 Å². The van der Waals surface area contributed by atoms with Crippen LogP contribution in [-0.4, -0.2) is 110 Å². The van der Waals surface area contributed by atoms with Crippen LogP contribution >= 0.6 is 0 Å². The van der Waals surface area contributed by atoms with Gasteiger partial charge in [0.1, 0.15) is 11.7 Å². The highest BCUT2D eigenvalue weighted by molar-refractivity contribution is 5.86. The van der Waals surface area contributed by atoms with Crippen molar-refractivity contribution in [3.63, 3.8) is 0 Å². The van der Waals surface area contributed by atoms with E-state index < -0.39 is 47.5 Å². The molecular formula is C104H172N2O16. The zero-order chi connectivity index (χ0) is 90.1. The number of rotatable bonds is 18. The molecule has 0 spiro atoms. The lowest BCUT2D eigenvalue weighted by Crippen LogP contribution is -2.68. The maximum absolute atomic E-state index is 13.1. The maximum atomic E-state index is 13.1. The van der Waals surface area contributed by atoms with E-state index in [4.69, 9.17) is 24.1 Å². The number of aliphatic carboxylic acids is 1. The van der Waals surface area contributed by atoms with E-state index in [1.807, 2.05) is 20.8 Å². The van der Waals surface area contributed by atoms with Gasteiger partial charge in [0.25, 0.3) is 0 Å². The van der Waals surface area contributed by atoms with Crippen LogP contribution in [0.2, 0.25) is 0 Å². The summed E-state index contributed by atoms with van der Waals surface area (Å²) in [6.07, 6.45) is 42.2. The predicted molar refractivity (Wildman–Crippen MR) is 476 cm³/mol. The summed E-state index contributed by atoms with van der Waals surface area (Å²) < 4.78 is 30.6. The smallest absolute Gasteiger partial charge is 0.311 e. The Morgan fingerprint density at radius 1 is 0.443 bits per heavy atom. The first-order chi connectivity index (χ1) is 56.9. The summed E-state index contributed by atoms with van der Waals surface area (Å²) in [5, 5.41) is 15.5. The minimum Gasteiger partial charge on any atom is -0.481 e. The number of esters is 6. The standard InChI is InChI=1S/C36H62O2.C17H27NO3.C17H29NO3.C16H24O4.C10H16.C8H14O4/c1-12-31(5,6)29(37)38-25-13-14-26-33(8,24(25)2)16-15-27-34(26,9)20-22-36(11)28-23-30(3,4)17-18-32(28,7)19-21-35(27,36)10;1-10(11(2)16(20)21-3)15(19)18-17-7-12-4-13(8-17)6-14(5-12)9-17;1-9(10(2)16(20)21-6)15(19)18-14-8-12-7-13(11(14)3)17(12,4)5;1-9(14(17)18)10(2)15(19)20-16-6-11-3-12(7-16)5-13(4-11)8-16;1-2-9-7-4-5-8(6-7)10(9)3-1;1-5(7(9)11-3)6(2)8(10)12-4/h24-28H,12-23H2,1-11H3;10-14H,4-9H2,1-3H3,(H,18,19);9-14H,7-8H2,1-6H3,(H,18,19);9-13H,3-8H2,1-2H3,(H,17,18);7-10H,1-6H2;5-6H,1-4H3/t;;9?,10?,11?,12?,13-,14-;;;/m..1.../s1. The Bertz CT molecular complexity index is 3620. The molecule has 0 aromatic rings. The molecular weight excluding hydrogens is 1530 g/mol. The van der Waals surface area contributed by atoms with Crippen molar-refractivity contribution in [2.24, 2.45) is 191 Å². The summed E-state index contributed by atoms with van der Waals surface area (Å²) in [7, 11) is 5.33. The molecule has 3 N–H and O–H groups in total. The van der Waals surface area contributed by atoms with Gasteiger partial charge < -0.3 is 44.2 Å². The normalized spacial score (nSPS) is 42.2. The topological polar surface area (TPSA) is 253 Å². The number of amides is 2. The second-order valence-electron chi connectivity index (χ2n) is 48.2. The number of nitrogens with one attached hydrogen (secondary N) is 2. The van der Waals surface area contributed by atoms with Gasteiger partial charge in [-0.15, -0.1) is 0 Å². The van der Waals surface area contributed by atoms with E-state index in [1.54, 1.807) is 87.0 Å². The molecule has 12 bridgehead atoms. The summed E-state index contributed by atoms with van der Waals surface area (Å²) >= 11 is 0. The number of fused-ring (bicyclic) bond motifs is 14. The molecule has 19 aliphatic rings. The molecule has 122 heavy (non-hydrogen) atoms. The summed E-state index contributed by atoms with van der Waals surface area (Å²) in [6, 6.07) is 0.251. The van der Waals surface area contributed by atoms with Gasteiger partial charge in [0.05, 0.1) is 69.4 Å². The average Bonchev–Trinajstić information content (AvgIpc) is 0.772. The molecule has 19 fully saturated rings. The minimum atomic E-state index is -0.931. The quantitative estimate of drug-likeness (QED) is 0.0852. The third kappa shape index (κ3) is 19.3. The Morgan fingerprint density at radius 2 is 0.885 bits per heavy atom. The van der Waals surface area contributed by atoms with Crippen LogP contribution < -0.4 is 10.6 Å². The third-order valence-electron chi connectivity index (χ3n) is 40.2. The van der Waals surface area contributed by atoms with Gasteiger partial charge in [0, 0.05) is 23.4 Å². The Balaban J connectivity index is 0.000000151. The number of ether oxygens (including phenoxy) is 6. The molecule has 19 aliphatic carbocycles. The van der Waals surface area contributed by atoms with Gasteiger partial charge in [0.15, 0.2) is 0 Å². The van der Waals surface area contributed by atoms with Crippen molar-refractivity contribution < 1.29 is 76.7 Å². The van der Waals surface area contributed by atoms with E-state index in [1.165, 1.54) is 161 Å². The van der Waals surface area contributed by atoms with Crippen molar-refractivity contribution >= 4 is 53.6 Å². The first-order valence-electron chi connectivity index (χ1n) is 49.5. The van der Waals surface area contributed by atoms with Crippen LogP contribution in [0.15, 0.2) is 0 Å². The lowest BCUT2D eigenvalue weighted by atomic mass is 9.30. The van der Waals surface area contributed by atoms with Crippen molar-refractivity contribution in [2.75, 3.05) is 28.4 Å². The van der Waals surface area contributed by atoms with E-state index in [0.29, 0.717) is 50.2 Å². The number of carboxylic acid groups (broad SMARTS) is 1. The van der Waals surface area contributed by atoms with Gasteiger partial charge in [0.2, 0.25) is 11.8 Å². The number of hydrogen-bond acceptors (Lipinski definition) is 15. The summed E-state index contributed by atoms with van der Waals surface area (Å²) in [4.78, 5) is 106. The molecule has 0 aromatic carbocycles. The van der Waals surface area contributed by atoms with Crippen LogP contribution in [0.1, 0.15) is 358 Å². The molecule has 19 saturated carbocycles. The molecule has 0 aromatic heterocycles. The molecule has 2 amide bonds. The molecule has 19 rings (SSSR count). The van der Waals surface area contributed by atoms with Crippen molar-refractivity contribution in [3.05, 3.63) is 0 Å². The Kier molecular flexibility index (Phi) is 30.0. The van der Waals surface area contributed by atoms with Crippen LogP contribution in [0.5, 0.6) is 0 Å². The lowest BCUT2D eigenvalue weighted by molar-refractivity contribution is -0.264. The second kappa shape index (κ2) is 37.4. The van der Waals surface area contributed by atoms with Crippen LogP contribution in [0.25, 0.3) is 0 Å². The fourth-order valence-electron chi connectivity index (χ4n) is 31.2. The third-order valence-corrected chi connectivity index (χ3v) is 40.2. The Labute approximate surface area is 737 Å². The number of carbonyl (C=O) groups is 9. The lowest BCUT2D eigenvalue weighted by Gasteiger charge is -2.75. The van der Waals surface area contributed by atoms with Crippen LogP contribution in [0, 0.1) is 191 Å². The molecule has 694 valence electrons. The highest BCUT2D eigenvalue weighted by Crippen LogP contribution is 2.79. The first-order valence-corrected chi connectivity index (χ1v) is 49.5. The largest absolute Gasteiger partial charge is 0.481 e. The monoisotopic (exact) mass is 1710 g/mol. The zero-order valence-corrected chi connectivity index (χ0v) is 81.3. The van der Waals surface area contributed by atoms with Gasteiger partial charge in [-0.1, -0.05) is 145 Å². The first kappa shape index (κ1) is 97.8. The summed E-state index contributed by atoms with van der Waals surface area (Å²) in [5.74, 6) is 7.92. The highest BCUT2D eigenvalue weighted by atomic mass is 16.6. The zero-order valence-electron chi connectivity index (χ0n) is 81.3. The molecule has 24 unspecified atom stereocenters.